The number of pyridine rings is 1. The van der Waals surface area contributed by atoms with Crippen molar-refractivity contribution in [2.75, 3.05) is 18.4 Å². The Kier molecular flexibility index (Phi) is 2.69. The molecule has 1 atom stereocenters. The number of nitrogens with zero attached hydrogens (tertiary/aromatic N) is 1. The summed E-state index contributed by atoms with van der Waals surface area (Å²) in [5.74, 6) is 1.02. The van der Waals surface area contributed by atoms with E-state index in [1.54, 1.807) is 0 Å². The number of rotatable bonds is 2. The summed E-state index contributed by atoms with van der Waals surface area (Å²) in [4.78, 5) is 4.49. The molecule has 1 saturated heterocycles. The van der Waals surface area contributed by atoms with Gasteiger partial charge in [-0.15, -0.1) is 0 Å². The number of benzene rings is 1. The lowest BCUT2D eigenvalue weighted by atomic mass is 10.1. The van der Waals surface area contributed by atoms with Crippen molar-refractivity contribution in [1.29, 1.82) is 0 Å². The van der Waals surface area contributed by atoms with Gasteiger partial charge in [0.15, 0.2) is 0 Å². The Morgan fingerprint density at radius 3 is 3.12 bits per heavy atom. The van der Waals surface area contributed by atoms with E-state index in [0.29, 0.717) is 6.04 Å². The van der Waals surface area contributed by atoms with Gasteiger partial charge in [-0.2, -0.15) is 0 Å². The zero-order valence-electron chi connectivity index (χ0n) is 10.0. The largest absolute Gasteiger partial charge is 0.365 e. The first kappa shape index (κ1) is 10.5. The number of hydrogen-bond acceptors (Lipinski definition) is 3. The Hall–Kier alpha value is -1.61. The molecule has 3 rings (SSSR count). The Morgan fingerprint density at radius 2 is 2.29 bits per heavy atom. The van der Waals surface area contributed by atoms with Crippen LogP contribution in [-0.2, 0) is 0 Å². The van der Waals surface area contributed by atoms with Crippen molar-refractivity contribution in [2.24, 2.45) is 0 Å². The van der Waals surface area contributed by atoms with Gasteiger partial charge < -0.3 is 10.6 Å². The van der Waals surface area contributed by atoms with E-state index in [0.717, 1.165) is 18.9 Å². The molecule has 17 heavy (non-hydrogen) atoms. The fraction of sp³-hybridized carbons (Fsp3) is 0.357. The van der Waals surface area contributed by atoms with Gasteiger partial charge in [0.05, 0.1) is 0 Å². The van der Waals surface area contributed by atoms with Crippen molar-refractivity contribution >= 4 is 16.6 Å². The van der Waals surface area contributed by atoms with E-state index in [9.17, 15) is 0 Å². The lowest BCUT2D eigenvalue weighted by Gasteiger charge is -2.15. The van der Waals surface area contributed by atoms with Crippen molar-refractivity contribution in [3.63, 3.8) is 0 Å². The summed E-state index contributed by atoms with van der Waals surface area (Å²) < 4.78 is 0. The van der Waals surface area contributed by atoms with Crippen LogP contribution in [0.25, 0.3) is 10.8 Å². The van der Waals surface area contributed by atoms with Gasteiger partial charge in [0, 0.05) is 24.2 Å². The summed E-state index contributed by atoms with van der Waals surface area (Å²) in [5, 5.41) is 9.43. The van der Waals surface area contributed by atoms with Crippen LogP contribution in [0.15, 0.2) is 30.5 Å². The van der Waals surface area contributed by atoms with E-state index >= 15 is 0 Å². The topological polar surface area (TPSA) is 37.0 Å². The second-order valence-corrected chi connectivity index (χ2v) is 4.67. The van der Waals surface area contributed by atoms with Crippen molar-refractivity contribution in [3.8, 4) is 0 Å². The quantitative estimate of drug-likeness (QED) is 0.826. The van der Waals surface area contributed by atoms with Crippen LogP contribution in [0.3, 0.4) is 0 Å². The van der Waals surface area contributed by atoms with E-state index < -0.39 is 0 Å². The lowest BCUT2D eigenvalue weighted by Crippen LogP contribution is -2.22. The maximum atomic E-state index is 4.49. The second-order valence-electron chi connectivity index (χ2n) is 4.67. The molecular weight excluding hydrogens is 210 g/mol. The molecule has 0 spiro atoms. The average molecular weight is 227 g/mol. The highest BCUT2D eigenvalue weighted by atomic mass is 15.1. The first-order valence-electron chi connectivity index (χ1n) is 6.16. The molecule has 1 aliphatic rings. The minimum atomic E-state index is 0.507. The van der Waals surface area contributed by atoms with Gasteiger partial charge in [-0.1, -0.05) is 18.2 Å². The smallest absolute Gasteiger partial charge is 0.134 e. The highest BCUT2D eigenvalue weighted by Crippen LogP contribution is 2.25. The molecule has 3 nitrogen and oxygen atoms in total. The van der Waals surface area contributed by atoms with Crippen LogP contribution < -0.4 is 10.6 Å². The molecular formula is C14H17N3. The molecule has 0 bridgehead atoms. The predicted molar refractivity (Wildman–Crippen MR) is 71.4 cm³/mol. The monoisotopic (exact) mass is 227 g/mol. The predicted octanol–water partition coefficient (Wildman–Crippen LogP) is 2.32. The zero-order chi connectivity index (χ0) is 11.7. The van der Waals surface area contributed by atoms with Crippen LogP contribution >= 0.6 is 0 Å². The number of fused-ring (bicyclic) bond motifs is 1. The van der Waals surface area contributed by atoms with Gasteiger partial charge in [-0.3, -0.25) is 0 Å². The van der Waals surface area contributed by atoms with Gasteiger partial charge in [-0.05, 0) is 36.9 Å². The fourth-order valence-electron chi connectivity index (χ4n) is 2.49. The summed E-state index contributed by atoms with van der Waals surface area (Å²) in [6, 6.07) is 8.95. The highest BCUT2D eigenvalue weighted by molar-refractivity contribution is 5.94. The third-order valence-electron chi connectivity index (χ3n) is 3.40. The molecule has 1 aromatic heterocycles. The number of aromatic nitrogens is 1. The molecule has 1 aliphatic heterocycles. The van der Waals surface area contributed by atoms with Gasteiger partial charge in [0.25, 0.3) is 0 Å². The highest BCUT2D eigenvalue weighted by Gasteiger charge is 2.15. The van der Waals surface area contributed by atoms with Gasteiger partial charge in [0.2, 0.25) is 0 Å². The lowest BCUT2D eigenvalue weighted by molar-refractivity contribution is 0.789. The Morgan fingerprint density at radius 1 is 1.35 bits per heavy atom. The van der Waals surface area contributed by atoms with Gasteiger partial charge in [0.1, 0.15) is 5.82 Å². The second kappa shape index (κ2) is 4.34. The van der Waals surface area contributed by atoms with Crippen molar-refractivity contribution in [1.82, 2.24) is 10.3 Å². The summed E-state index contributed by atoms with van der Waals surface area (Å²) in [7, 11) is 0. The maximum absolute atomic E-state index is 4.49. The molecule has 88 valence electrons. The molecule has 1 aromatic carbocycles. The standard InChI is InChI=1S/C14H17N3/c1-10-3-2-4-11-5-8-16-14(13(10)11)17-12-6-7-15-9-12/h2-5,8,12,15H,6-7,9H2,1H3,(H,16,17). The summed E-state index contributed by atoms with van der Waals surface area (Å²) >= 11 is 0. The number of hydrogen-bond donors (Lipinski definition) is 2. The normalized spacial score (nSPS) is 19.7. The van der Waals surface area contributed by atoms with Crippen molar-refractivity contribution in [3.05, 3.63) is 36.0 Å². The molecule has 1 unspecified atom stereocenters. The van der Waals surface area contributed by atoms with Gasteiger partial charge in [-0.25, -0.2) is 4.98 Å². The van der Waals surface area contributed by atoms with Crippen LogP contribution in [0, 0.1) is 6.92 Å². The number of aryl methyl sites for hydroxylation is 1. The molecule has 0 saturated carbocycles. The van der Waals surface area contributed by atoms with E-state index in [1.807, 2.05) is 6.20 Å². The molecule has 3 heteroatoms. The molecule has 0 radical (unpaired) electrons. The molecule has 0 amide bonds. The van der Waals surface area contributed by atoms with E-state index in [2.05, 4.69) is 46.8 Å². The SMILES string of the molecule is Cc1cccc2ccnc(NC3CCNC3)c12. The number of nitrogens with one attached hydrogen (secondary N) is 2. The number of anilines is 1. The Bertz CT molecular complexity index is 525. The molecule has 2 heterocycles. The van der Waals surface area contributed by atoms with E-state index in [1.165, 1.54) is 22.8 Å². The minimum absolute atomic E-state index is 0.507. The summed E-state index contributed by atoms with van der Waals surface area (Å²) in [5.41, 5.74) is 1.28. The third-order valence-corrected chi connectivity index (χ3v) is 3.40. The maximum Gasteiger partial charge on any atom is 0.134 e. The van der Waals surface area contributed by atoms with Crippen LogP contribution in [0.4, 0.5) is 5.82 Å². The van der Waals surface area contributed by atoms with E-state index in [4.69, 9.17) is 0 Å². The summed E-state index contributed by atoms with van der Waals surface area (Å²) in [6.45, 7) is 4.27. The third kappa shape index (κ3) is 1.98. The van der Waals surface area contributed by atoms with Crippen LogP contribution in [0.1, 0.15) is 12.0 Å². The van der Waals surface area contributed by atoms with Gasteiger partial charge >= 0.3 is 0 Å². The molecule has 1 fully saturated rings. The first-order chi connectivity index (χ1) is 8.34. The zero-order valence-corrected chi connectivity index (χ0v) is 10.0. The molecule has 2 N–H and O–H groups in total. The van der Waals surface area contributed by atoms with E-state index in [-0.39, 0.29) is 0 Å². The average Bonchev–Trinajstić information content (AvgIpc) is 2.82. The molecule has 0 aliphatic carbocycles. The van der Waals surface area contributed by atoms with Crippen molar-refractivity contribution < 1.29 is 0 Å². The first-order valence-corrected chi connectivity index (χ1v) is 6.16. The van der Waals surface area contributed by atoms with Crippen molar-refractivity contribution in [2.45, 2.75) is 19.4 Å². The molecule has 2 aromatic rings. The Balaban J connectivity index is 2.03. The summed E-state index contributed by atoms with van der Waals surface area (Å²) in [6.07, 6.45) is 3.05. The Labute approximate surface area is 101 Å². The van der Waals surface area contributed by atoms with Crippen LogP contribution in [0.2, 0.25) is 0 Å². The minimum Gasteiger partial charge on any atom is -0.365 e. The van der Waals surface area contributed by atoms with Crippen LogP contribution in [-0.4, -0.2) is 24.1 Å². The fourth-order valence-corrected chi connectivity index (χ4v) is 2.49. The van der Waals surface area contributed by atoms with Crippen LogP contribution in [0.5, 0.6) is 0 Å².